The van der Waals surface area contributed by atoms with Crippen LogP contribution in [0.5, 0.6) is 0 Å². The molecular formula is C25H24N4O3S. The third kappa shape index (κ3) is 4.21. The molecule has 4 heterocycles. The molecule has 4 aromatic rings. The molecule has 0 unspecified atom stereocenters. The maximum Gasteiger partial charge on any atom is 0.290 e. The zero-order valence-electron chi connectivity index (χ0n) is 18.3. The Kier molecular flexibility index (Phi) is 5.83. The van der Waals surface area contributed by atoms with Gasteiger partial charge in [-0.3, -0.25) is 9.59 Å². The van der Waals surface area contributed by atoms with Crippen molar-refractivity contribution in [2.24, 2.45) is 0 Å². The second kappa shape index (κ2) is 9.07. The number of benzene rings is 1. The molecule has 1 fully saturated rings. The molecule has 5 rings (SSSR count). The van der Waals surface area contributed by atoms with Crippen molar-refractivity contribution >= 4 is 39.9 Å². The van der Waals surface area contributed by atoms with Crippen molar-refractivity contribution in [3.05, 3.63) is 81.9 Å². The lowest BCUT2D eigenvalue weighted by atomic mass is 10.1. The lowest BCUT2D eigenvalue weighted by Crippen LogP contribution is -2.49. The number of aromatic nitrogens is 1. The minimum atomic E-state index is -0.150. The van der Waals surface area contributed by atoms with E-state index in [4.69, 9.17) is 4.42 Å². The SMILES string of the molecule is Cc1c(C(=O)N2CCN(c3ncccc3C(=O)NCc3cccs3)CC2)oc2ccccc12. The fourth-order valence-corrected chi connectivity index (χ4v) is 4.79. The van der Waals surface area contributed by atoms with Gasteiger partial charge in [-0.15, -0.1) is 11.3 Å². The zero-order chi connectivity index (χ0) is 22.8. The molecule has 168 valence electrons. The number of amides is 2. The monoisotopic (exact) mass is 460 g/mol. The molecule has 2 amide bonds. The lowest BCUT2D eigenvalue weighted by Gasteiger charge is -2.35. The number of piperazine rings is 1. The van der Waals surface area contributed by atoms with Crippen LogP contribution in [0.15, 0.2) is 64.5 Å². The molecule has 1 N–H and O–H groups in total. The fourth-order valence-electron chi connectivity index (χ4n) is 4.15. The summed E-state index contributed by atoms with van der Waals surface area (Å²) in [5, 5.41) is 5.93. The van der Waals surface area contributed by atoms with Gasteiger partial charge in [0.25, 0.3) is 11.8 Å². The van der Waals surface area contributed by atoms with Crippen LogP contribution in [0.4, 0.5) is 5.82 Å². The van der Waals surface area contributed by atoms with Crippen LogP contribution in [-0.2, 0) is 6.54 Å². The Bertz CT molecular complexity index is 1290. The number of carbonyl (C=O) groups is 2. The summed E-state index contributed by atoms with van der Waals surface area (Å²) in [6.07, 6.45) is 1.70. The molecule has 0 bridgehead atoms. The highest BCUT2D eigenvalue weighted by atomic mass is 32.1. The average Bonchev–Trinajstić information content (AvgIpc) is 3.50. The summed E-state index contributed by atoms with van der Waals surface area (Å²) >= 11 is 1.61. The van der Waals surface area contributed by atoms with E-state index in [1.807, 2.05) is 48.7 Å². The summed E-state index contributed by atoms with van der Waals surface area (Å²) in [6.45, 7) is 4.65. The van der Waals surface area contributed by atoms with Crippen molar-refractivity contribution in [1.29, 1.82) is 0 Å². The molecule has 8 heteroatoms. The maximum absolute atomic E-state index is 13.1. The average molecular weight is 461 g/mol. The molecule has 3 aromatic heterocycles. The van der Waals surface area contributed by atoms with Gasteiger partial charge in [0.05, 0.1) is 12.1 Å². The predicted octanol–water partition coefficient (Wildman–Crippen LogP) is 4.09. The molecule has 0 atom stereocenters. The topological polar surface area (TPSA) is 78.7 Å². The van der Waals surface area contributed by atoms with E-state index in [2.05, 4.69) is 15.2 Å². The number of pyridine rings is 1. The van der Waals surface area contributed by atoms with Crippen LogP contribution in [0.2, 0.25) is 0 Å². The Morgan fingerprint density at radius 1 is 1.06 bits per heavy atom. The third-order valence-electron chi connectivity index (χ3n) is 5.94. The van der Waals surface area contributed by atoms with Gasteiger partial charge in [-0.1, -0.05) is 24.3 Å². The molecule has 0 radical (unpaired) electrons. The minimum Gasteiger partial charge on any atom is -0.451 e. The van der Waals surface area contributed by atoms with Crippen LogP contribution in [0.1, 0.15) is 31.4 Å². The van der Waals surface area contributed by atoms with E-state index in [0.29, 0.717) is 49.9 Å². The molecule has 0 spiro atoms. The summed E-state index contributed by atoms with van der Waals surface area (Å²) in [5.74, 6) is 0.797. The van der Waals surface area contributed by atoms with Crippen molar-refractivity contribution < 1.29 is 14.0 Å². The van der Waals surface area contributed by atoms with E-state index in [1.165, 1.54) is 0 Å². The van der Waals surface area contributed by atoms with Gasteiger partial charge >= 0.3 is 0 Å². The maximum atomic E-state index is 13.1. The van der Waals surface area contributed by atoms with Crippen LogP contribution in [0.25, 0.3) is 11.0 Å². The highest BCUT2D eigenvalue weighted by Gasteiger charge is 2.28. The molecule has 1 aliphatic heterocycles. The highest BCUT2D eigenvalue weighted by molar-refractivity contribution is 7.09. The van der Waals surface area contributed by atoms with Crippen molar-refractivity contribution in [1.82, 2.24) is 15.2 Å². The number of furan rings is 1. The first-order valence-electron chi connectivity index (χ1n) is 10.9. The van der Waals surface area contributed by atoms with E-state index in [-0.39, 0.29) is 11.8 Å². The Balaban J connectivity index is 1.27. The molecule has 1 saturated heterocycles. The number of carbonyl (C=O) groups excluding carboxylic acids is 2. The van der Waals surface area contributed by atoms with Crippen LogP contribution < -0.4 is 10.2 Å². The Morgan fingerprint density at radius 2 is 1.88 bits per heavy atom. The number of thiophene rings is 1. The Hall–Kier alpha value is -3.65. The summed E-state index contributed by atoms with van der Waals surface area (Å²) in [4.78, 5) is 35.4. The van der Waals surface area contributed by atoms with E-state index in [9.17, 15) is 9.59 Å². The summed E-state index contributed by atoms with van der Waals surface area (Å²) < 4.78 is 5.86. The number of anilines is 1. The van der Waals surface area contributed by atoms with E-state index < -0.39 is 0 Å². The summed E-state index contributed by atoms with van der Waals surface area (Å²) in [7, 11) is 0. The van der Waals surface area contributed by atoms with Gasteiger partial charge in [-0.05, 0) is 36.6 Å². The number of hydrogen-bond acceptors (Lipinski definition) is 6. The third-order valence-corrected chi connectivity index (χ3v) is 6.82. The minimum absolute atomic E-state index is 0.0988. The smallest absolute Gasteiger partial charge is 0.290 e. The summed E-state index contributed by atoms with van der Waals surface area (Å²) in [6, 6.07) is 15.2. The lowest BCUT2D eigenvalue weighted by molar-refractivity contribution is 0.0715. The Labute approximate surface area is 195 Å². The number of para-hydroxylation sites is 1. The van der Waals surface area contributed by atoms with Gasteiger partial charge in [-0.25, -0.2) is 4.98 Å². The van der Waals surface area contributed by atoms with Gasteiger partial charge in [0.15, 0.2) is 5.76 Å². The van der Waals surface area contributed by atoms with Crippen molar-refractivity contribution in [2.75, 3.05) is 31.1 Å². The van der Waals surface area contributed by atoms with Crippen LogP contribution in [0.3, 0.4) is 0 Å². The van der Waals surface area contributed by atoms with Crippen molar-refractivity contribution in [3.8, 4) is 0 Å². The first kappa shape index (κ1) is 21.2. The molecule has 1 aliphatic rings. The van der Waals surface area contributed by atoms with Gasteiger partial charge in [0.1, 0.15) is 11.4 Å². The number of hydrogen-bond donors (Lipinski definition) is 1. The molecule has 0 saturated carbocycles. The van der Waals surface area contributed by atoms with Gasteiger partial charge in [0, 0.05) is 48.2 Å². The number of nitrogens with zero attached hydrogens (tertiary/aromatic N) is 3. The van der Waals surface area contributed by atoms with Gasteiger partial charge < -0.3 is 19.5 Å². The second-order valence-electron chi connectivity index (χ2n) is 7.97. The molecular weight excluding hydrogens is 436 g/mol. The quantitative estimate of drug-likeness (QED) is 0.485. The second-order valence-corrected chi connectivity index (χ2v) is 9.00. The van der Waals surface area contributed by atoms with Crippen molar-refractivity contribution in [2.45, 2.75) is 13.5 Å². The van der Waals surface area contributed by atoms with Gasteiger partial charge in [0.2, 0.25) is 0 Å². The highest BCUT2D eigenvalue weighted by Crippen LogP contribution is 2.27. The van der Waals surface area contributed by atoms with E-state index in [0.717, 1.165) is 21.4 Å². The van der Waals surface area contributed by atoms with Crippen LogP contribution in [0, 0.1) is 6.92 Å². The first-order chi connectivity index (χ1) is 16.1. The molecule has 7 nitrogen and oxygen atoms in total. The first-order valence-corrected chi connectivity index (χ1v) is 11.8. The molecule has 33 heavy (non-hydrogen) atoms. The van der Waals surface area contributed by atoms with Crippen LogP contribution in [-0.4, -0.2) is 47.9 Å². The molecule has 0 aliphatic carbocycles. The van der Waals surface area contributed by atoms with E-state index >= 15 is 0 Å². The van der Waals surface area contributed by atoms with Gasteiger partial charge in [-0.2, -0.15) is 0 Å². The number of rotatable bonds is 5. The molecule has 1 aromatic carbocycles. The van der Waals surface area contributed by atoms with Crippen LogP contribution >= 0.6 is 11.3 Å². The largest absolute Gasteiger partial charge is 0.451 e. The summed E-state index contributed by atoms with van der Waals surface area (Å²) in [5.41, 5.74) is 2.14. The number of fused-ring (bicyclic) bond motifs is 1. The predicted molar refractivity (Wildman–Crippen MR) is 129 cm³/mol. The fraction of sp³-hybridized carbons (Fsp3) is 0.240. The normalized spacial score (nSPS) is 14.0. The number of aryl methyl sites for hydroxylation is 1. The van der Waals surface area contributed by atoms with Crippen molar-refractivity contribution in [3.63, 3.8) is 0 Å². The van der Waals surface area contributed by atoms with E-state index in [1.54, 1.807) is 34.6 Å². The zero-order valence-corrected chi connectivity index (χ0v) is 19.1. The number of nitrogens with one attached hydrogen (secondary N) is 1. The standard InChI is InChI=1S/C25H24N4O3S/c1-17-19-7-2-3-9-21(19)32-22(17)25(31)29-13-11-28(12-14-29)23-20(8-4-10-26-23)24(30)27-16-18-6-5-15-33-18/h2-10,15H,11-14,16H2,1H3,(H,27,30). The Morgan fingerprint density at radius 3 is 2.64 bits per heavy atom.